The highest BCUT2D eigenvalue weighted by molar-refractivity contribution is 5.77. The second kappa shape index (κ2) is 9.38. The highest BCUT2D eigenvalue weighted by atomic mass is 16.5. The van der Waals surface area contributed by atoms with Gasteiger partial charge in [0.2, 0.25) is 5.91 Å². The molecule has 1 atom stereocenters. The number of carbonyl (C=O) groups is 1. The molecule has 2 aliphatic rings. The van der Waals surface area contributed by atoms with E-state index in [0.29, 0.717) is 18.5 Å². The number of hydrogen-bond donors (Lipinski definition) is 1. The molecule has 1 amide bonds. The van der Waals surface area contributed by atoms with Crippen molar-refractivity contribution in [2.75, 3.05) is 44.8 Å². The molecule has 0 aromatic heterocycles. The molecule has 2 aliphatic heterocycles. The van der Waals surface area contributed by atoms with Crippen molar-refractivity contribution in [3.05, 3.63) is 29.8 Å². The van der Waals surface area contributed by atoms with Gasteiger partial charge in [-0.2, -0.15) is 0 Å². The number of para-hydroxylation sites is 1. The van der Waals surface area contributed by atoms with Crippen molar-refractivity contribution in [3.63, 3.8) is 0 Å². The number of ether oxygens (including phenoxy) is 1. The van der Waals surface area contributed by atoms with Gasteiger partial charge in [0.25, 0.3) is 0 Å². The fourth-order valence-corrected chi connectivity index (χ4v) is 4.14. The van der Waals surface area contributed by atoms with E-state index in [-0.39, 0.29) is 5.91 Å². The number of rotatable bonds is 7. The number of hydrogen-bond acceptors (Lipinski definition) is 4. The van der Waals surface area contributed by atoms with Crippen LogP contribution in [-0.4, -0.2) is 62.8 Å². The van der Waals surface area contributed by atoms with Gasteiger partial charge < -0.3 is 19.9 Å². The lowest BCUT2D eigenvalue weighted by Gasteiger charge is -2.37. The quantitative estimate of drug-likeness (QED) is 0.812. The summed E-state index contributed by atoms with van der Waals surface area (Å²) in [7, 11) is 1.74. The molecule has 0 radical (unpaired) electrons. The summed E-state index contributed by atoms with van der Waals surface area (Å²) in [4.78, 5) is 17.3. The van der Waals surface area contributed by atoms with Gasteiger partial charge in [-0.3, -0.25) is 4.79 Å². The number of amides is 1. The van der Waals surface area contributed by atoms with Crippen molar-refractivity contribution in [3.8, 4) is 0 Å². The fraction of sp³-hybridized carbons (Fsp3) is 0.667. The number of aryl methyl sites for hydroxylation is 1. The number of piperidine rings is 1. The zero-order valence-corrected chi connectivity index (χ0v) is 16.2. The van der Waals surface area contributed by atoms with Gasteiger partial charge in [0.1, 0.15) is 0 Å². The number of fused-ring (bicyclic) bond motifs is 1. The molecular formula is C21H33N3O2. The third kappa shape index (κ3) is 4.98. The predicted octanol–water partition coefficient (Wildman–Crippen LogP) is 2.44. The minimum atomic E-state index is 0.190. The highest BCUT2D eigenvalue weighted by Gasteiger charge is 2.24. The number of likely N-dealkylation sites (tertiary alicyclic amines) is 1. The van der Waals surface area contributed by atoms with E-state index in [9.17, 15) is 4.79 Å². The van der Waals surface area contributed by atoms with Gasteiger partial charge in [-0.25, -0.2) is 0 Å². The Balaban J connectivity index is 1.43. The smallest absolute Gasteiger partial charge is 0.221 e. The number of carbonyl (C=O) groups excluding carboxylic acids is 1. The molecule has 5 heteroatoms. The summed E-state index contributed by atoms with van der Waals surface area (Å²) in [5, 5.41) is 3.25. The van der Waals surface area contributed by atoms with E-state index in [1.54, 1.807) is 7.11 Å². The van der Waals surface area contributed by atoms with Crippen molar-refractivity contribution in [2.45, 2.75) is 51.1 Å². The average molecular weight is 360 g/mol. The second-order valence-corrected chi connectivity index (χ2v) is 7.64. The molecule has 1 aromatic rings. The summed E-state index contributed by atoms with van der Waals surface area (Å²) >= 11 is 0. The lowest BCUT2D eigenvalue weighted by atomic mass is 9.96. The van der Waals surface area contributed by atoms with Crippen LogP contribution in [0.25, 0.3) is 0 Å². The van der Waals surface area contributed by atoms with E-state index in [1.807, 2.05) is 0 Å². The first-order valence-corrected chi connectivity index (χ1v) is 10.0. The van der Waals surface area contributed by atoms with Gasteiger partial charge in [-0.05, 0) is 44.2 Å². The van der Waals surface area contributed by atoms with Gasteiger partial charge in [0.15, 0.2) is 0 Å². The molecule has 26 heavy (non-hydrogen) atoms. The van der Waals surface area contributed by atoms with Gasteiger partial charge in [0.05, 0.1) is 6.61 Å². The van der Waals surface area contributed by atoms with Crippen molar-refractivity contribution in [2.24, 2.45) is 0 Å². The SMILES string of the molecule is COCCN1CCC(NC(=O)CCN2c3ccccc3CCC2C)CC1. The van der Waals surface area contributed by atoms with Crippen LogP contribution in [0.15, 0.2) is 24.3 Å². The van der Waals surface area contributed by atoms with Gasteiger partial charge in [-0.15, -0.1) is 0 Å². The largest absolute Gasteiger partial charge is 0.383 e. The van der Waals surface area contributed by atoms with Gasteiger partial charge in [-0.1, -0.05) is 18.2 Å². The van der Waals surface area contributed by atoms with E-state index in [1.165, 1.54) is 17.7 Å². The maximum atomic E-state index is 12.5. The number of nitrogens with zero attached hydrogens (tertiary/aromatic N) is 2. The highest BCUT2D eigenvalue weighted by Crippen LogP contribution is 2.30. The van der Waals surface area contributed by atoms with Crippen LogP contribution in [-0.2, 0) is 16.0 Å². The summed E-state index contributed by atoms with van der Waals surface area (Å²) in [6.45, 7) is 6.94. The molecule has 144 valence electrons. The molecule has 1 N–H and O–H groups in total. The Morgan fingerprint density at radius 1 is 1.19 bits per heavy atom. The predicted molar refractivity (Wildman–Crippen MR) is 106 cm³/mol. The fourth-order valence-electron chi connectivity index (χ4n) is 4.14. The van der Waals surface area contributed by atoms with Gasteiger partial charge >= 0.3 is 0 Å². The Morgan fingerprint density at radius 3 is 2.73 bits per heavy atom. The molecule has 1 saturated heterocycles. The Morgan fingerprint density at radius 2 is 1.96 bits per heavy atom. The van der Waals surface area contributed by atoms with E-state index in [4.69, 9.17) is 4.74 Å². The summed E-state index contributed by atoms with van der Waals surface area (Å²) in [5.41, 5.74) is 2.72. The van der Waals surface area contributed by atoms with Crippen molar-refractivity contribution < 1.29 is 9.53 Å². The number of benzene rings is 1. The van der Waals surface area contributed by atoms with Crippen LogP contribution in [0, 0.1) is 0 Å². The molecule has 0 bridgehead atoms. The lowest BCUT2D eigenvalue weighted by Crippen LogP contribution is -2.46. The van der Waals surface area contributed by atoms with Gasteiger partial charge in [0, 0.05) is 57.5 Å². The molecule has 0 saturated carbocycles. The molecule has 5 nitrogen and oxygen atoms in total. The maximum Gasteiger partial charge on any atom is 0.221 e. The standard InChI is InChI=1S/C21H33N3O2/c1-17-7-8-18-5-3-4-6-20(18)24(17)14-11-21(25)22-19-9-12-23(13-10-19)15-16-26-2/h3-6,17,19H,7-16H2,1-2H3,(H,22,25). The molecule has 3 rings (SSSR count). The zero-order chi connectivity index (χ0) is 18.4. The van der Waals surface area contributed by atoms with E-state index in [0.717, 1.165) is 52.0 Å². The summed E-state index contributed by atoms with van der Waals surface area (Å²) in [6, 6.07) is 9.44. The van der Waals surface area contributed by atoms with Crippen LogP contribution in [0.4, 0.5) is 5.69 Å². The molecule has 0 spiro atoms. The topological polar surface area (TPSA) is 44.8 Å². The summed E-state index contributed by atoms with van der Waals surface area (Å²) in [5.74, 6) is 0.190. The van der Waals surface area contributed by atoms with Crippen LogP contribution in [0.3, 0.4) is 0 Å². The Kier molecular flexibility index (Phi) is 6.92. The first kappa shape index (κ1) is 19.2. The third-order valence-electron chi connectivity index (χ3n) is 5.81. The van der Waals surface area contributed by atoms with Crippen LogP contribution in [0.1, 0.15) is 38.2 Å². The van der Waals surface area contributed by atoms with E-state index >= 15 is 0 Å². The van der Waals surface area contributed by atoms with Crippen LogP contribution in [0.2, 0.25) is 0 Å². The number of methoxy groups -OCH3 is 1. The normalized spacial score (nSPS) is 21.5. The average Bonchev–Trinajstić information content (AvgIpc) is 2.66. The third-order valence-corrected chi connectivity index (χ3v) is 5.81. The minimum Gasteiger partial charge on any atom is -0.383 e. The Labute approximate surface area is 157 Å². The second-order valence-electron chi connectivity index (χ2n) is 7.64. The van der Waals surface area contributed by atoms with E-state index in [2.05, 4.69) is 46.3 Å². The number of nitrogens with one attached hydrogen (secondary N) is 1. The molecule has 0 aliphatic carbocycles. The van der Waals surface area contributed by atoms with Crippen LogP contribution in [0.5, 0.6) is 0 Å². The monoisotopic (exact) mass is 359 g/mol. The summed E-state index contributed by atoms with van der Waals surface area (Å²) in [6.07, 6.45) is 4.96. The summed E-state index contributed by atoms with van der Waals surface area (Å²) < 4.78 is 5.14. The zero-order valence-electron chi connectivity index (χ0n) is 16.2. The number of anilines is 1. The van der Waals surface area contributed by atoms with Crippen molar-refractivity contribution in [1.29, 1.82) is 0 Å². The minimum absolute atomic E-state index is 0.190. The molecule has 1 unspecified atom stereocenters. The molecule has 2 heterocycles. The van der Waals surface area contributed by atoms with Crippen molar-refractivity contribution >= 4 is 11.6 Å². The maximum absolute atomic E-state index is 12.5. The Bertz CT molecular complexity index is 584. The lowest BCUT2D eigenvalue weighted by molar-refractivity contribution is -0.121. The van der Waals surface area contributed by atoms with Crippen molar-refractivity contribution in [1.82, 2.24) is 10.2 Å². The van der Waals surface area contributed by atoms with Crippen LogP contribution >= 0.6 is 0 Å². The van der Waals surface area contributed by atoms with Crippen LogP contribution < -0.4 is 10.2 Å². The first-order valence-electron chi connectivity index (χ1n) is 10.0. The molecular weight excluding hydrogens is 326 g/mol. The molecule has 1 aromatic carbocycles. The van der Waals surface area contributed by atoms with E-state index < -0.39 is 0 Å². The molecule has 1 fully saturated rings. The first-order chi connectivity index (χ1) is 12.7. The Hall–Kier alpha value is -1.59.